The van der Waals surface area contributed by atoms with Crippen LogP contribution in [-0.4, -0.2) is 25.6 Å². The fourth-order valence-electron chi connectivity index (χ4n) is 2.48. The number of hydrogen-bond donors (Lipinski definition) is 2. The van der Waals surface area contributed by atoms with E-state index in [2.05, 4.69) is 11.8 Å². The Morgan fingerprint density at radius 1 is 1.40 bits per heavy atom. The largest absolute Gasteiger partial charge is 0.491 e. The number of ether oxygens (including phenoxy) is 1. The molecule has 4 N–H and O–H groups in total. The summed E-state index contributed by atoms with van der Waals surface area (Å²) >= 11 is 0. The molecule has 1 aliphatic rings. The fraction of sp³-hybridized carbons (Fsp3) is 0.533. The van der Waals surface area contributed by atoms with E-state index in [0.717, 1.165) is 43.8 Å². The average molecular weight is 277 g/mol. The topological polar surface area (TPSA) is 81.6 Å². The van der Waals surface area contributed by atoms with Gasteiger partial charge in [0.2, 0.25) is 5.91 Å². The van der Waals surface area contributed by atoms with Gasteiger partial charge in [0, 0.05) is 30.8 Å². The fourth-order valence-corrected chi connectivity index (χ4v) is 2.48. The van der Waals surface area contributed by atoms with Gasteiger partial charge in [-0.15, -0.1) is 0 Å². The van der Waals surface area contributed by atoms with Crippen LogP contribution in [0.5, 0.6) is 5.75 Å². The minimum absolute atomic E-state index is 0.0100. The number of rotatable bonds is 5. The zero-order valence-corrected chi connectivity index (χ0v) is 12.0. The first-order valence-corrected chi connectivity index (χ1v) is 7.18. The van der Waals surface area contributed by atoms with E-state index in [9.17, 15) is 4.79 Å². The molecule has 0 spiro atoms. The summed E-state index contributed by atoms with van der Waals surface area (Å²) in [6, 6.07) is 5.86. The van der Waals surface area contributed by atoms with E-state index >= 15 is 0 Å². The smallest absolute Gasteiger partial charge is 0.220 e. The summed E-state index contributed by atoms with van der Waals surface area (Å²) in [6.45, 7) is 4.40. The molecule has 0 aliphatic carbocycles. The van der Waals surface area contributed by atoms with Crippen molar-refractivity contribution in [1.29, 1.82) is 0 Å². The number of nitrogens with zero attached hydrogens (tertiary/aromatic N) is 1. The molecule has 1 heterocycles. The van der Waals surface area contributed by atoms with E-state index < -0.39 is 0 Å². The van der Waals surface area contributed by atoms with Crippen molar-refractivity contribution in [2.45, 2.75) is 26.2 Å². The molecule has 110 valence electrons. The summed E-state index contributed by atoms with van der Waals surface area (Å²) in [6.07, 6.45) is 2.57. The van der Waals surface area contributed by atoms with Crippen LogP contribution in [0.1, 0.15) is 26.2 Å². The molecule has 1 saturated heterocycles. The van der Waals surface area contributed by atoms with Gasteiger partial charge in [-0.25, -0.2) is 0 Å². The lowest BCUT2D eigenvalue weighted by Gasteiger charge is -2.32. The van der Waals surface area contributed by atoms with Crippen LogP contribution in [0.25, 0.3) is 0 Å². The number of nitrogens with two attached hydrogens (primary N) is 2. The van der Waals surface area contributed by atoms with Crippen LogP contribution >= 0.6 is 0 Å². The van der Waals surface area contributed by atoms with Crippen molar-refractivity contribution in [3.05, 3.63) is 18.2 Å². The second kappa shape index (κ2) is 6.50. The van der Waals surface area contributed by atoms with Crippen LogP contribution in [0, 0.1) is 5.92 Å². The standard InChI is InChI=1S/C15H23N3O2/c1-2-9-20-14-10-12(3-4-13(14)16)18-7-5-11(6-8-18)15(17)19/h3-4,10-11H,2,5-9,16H2,1H3,(H2,17,19). The zero-order valence-electron chi connectivity index (χ0n) is 12.0. The number of nitrogen functional groups attached to an aromatic ring is 1. The zero-order chi connectivity index (χ0) is 14.5. The number of benzene rings is 1. The van der Waals surface area contributed by atoms with Crippen LogP contribution in [0.3, 0.4) is 0 Å². The first-order valence-electron chi connectivity index (χ1n) is 7.18. The summed E-state index contributed by atoms with van der Waals surface area (Å²) < 4.78 is 5.65. The van der Waals surface area contributed by atoms with E-state index in [1.807, 2.05) is 18.2 Å². The highest BCUT2D eigenvalue weighted by molar-refractivity contribution is 5.77. The van der Waals surface area contributed by atoms with Gasteiger partial charge in [0.25, 0.3) is 0 Å². The molecule has 1 aromatic carbocycles. The molecule has 0 saturated carbocycles. The predicted molar refractivity (Wildman–Crippen MR) is 80.8 cm³/mol. The number of carbonyl (C=O) groups excluding carboxylic acids is 1. The number of anilines is 2. The van der Waals surface area contributed by atoms with Crippen LogP contribution in [0.2, 0.25) is 0 Å². The molecule has 1 amide bonds. The van der Waals surface area contributed by atoms with Gasteiger partial charge in [-0.05, 0) is 31.4 Å². The lowest BCUT2D eigenvalue weighted by atomic mass is 9.96. The van der Waals surface area contributed by atoms with Gasteiger partial charge in [0.05, 0.1) is 12.3 Å². The maximum Gasteiger partial charge on any atom is 0.220 e. The van der Waals surface area contributed by atoms with Crippen molar-refractivity contribution < 1.29 is 9.53 Å². The first kappa shape index (κ1) is 14.5. The molecule has 0 unspecified atom stereocenters. The Kier molecular flexibility index (Phi) is 4.71. The maximum absolute atomic E-state index is 11.2. The summed E-state index contributed by atoms with van der Waals surface area (Å²) in [5.41, 5.74) is 13.0. The van der Waals surface area contributed by atoms with Crippen molar-refractivity contribution in [3.8, 4) is 5.75 Å². The SMILES string of the molecule is CCCOc1cc(N2CCC(C(N)=O)CC2)ccc1N. The van der Waals surface area contributed by atoms with E-state index in [4.69, 9.17) is 16.2 Å². The highest BCUT2D eigenvalue weighted by Crippen LogP contribution is 2.30. The lowest BCUT2D eigenvalue weighted by Crippen LogP contribution is -2.38. The van der Waals surface area contributed by atoms with Crippen molar-refractivity contribution in [3.63, 3.8) is 0 Å². The molecule has 1 aliphatic heterocycles. The van der Waals surface area contributed by atoms with Gasteiger partial charge in [0.1, 0.15) is 5.75 Å². The molecule has 1 fully saturated rings. The minimum Gasteiger partial charge on any atom is -0.491 e. The molecule has 0 bridgehead atoms. The Bertz CT molecular complexity index is 468. The van der Waals surface area contributed by atoms with Gasteiger partial charge < -0.3 is 21.1 Å². The second-order valence-electron chi connectivity index (χ2n) is 5.23. The highest BCUT2D eigenvalue weighted by Gasteiger charge is 2.23. The van der Waals surface area contributed by atoms with Crippen molar-refractivity contribution in [1.82, 2.24) is 0 Å². The van der Waals surface area contributed by atoms with Crippen molar-refractivity contribution in [2.24, 2.45) is 11.7 Å². The summed E-state index contributed by atoms with van der Waals surface area (Å²) in [5.74, 6) is 0.561. The first-order chi connectivity index (χ1) is 9.61. The van der Waals surface area contributed by atoms with E-state index in [1.165, 1.54) is 0 Å². The van der Waals surface area contributed by atoms with Crippen molar-refractivity contribution in [2.75, 3.05) is 30.3 Å². The third-order valence-corrected chi connectivity index (χ3v) is 3.72. The number of carbonyl (C=O) groups is 1. The molecular weight excluding hydrogens is 254 g/mol. The van der Waals surface area contributed by atoms with E-state index in [0.29, 0.717) is 12.3 Å². The Hall–Kier alpha value is -1.91. The van der Waals surface area contributed by atoms with Crippen LogP contribution in [0.15, 0.2) is 18.2 Å². The Morgan fingerprint density at radius 3 is 2.70 bits per heavy atom. The normalized spacial score (nSPS) is 16.1. The summed E-state index contributed by atoms with van der Waals surface area (Å²) in [4.78, 5) is 13.4. The molecule has 0 aromatic heterocycles. The Labute approximate surface area is 119 Å². The number of amides is 1. The summed E-state index contributed by atoms with van der Waals surface area (Å²) in [7, 11) is 0. The van der Waals surface area contributed by atoms with Gasteiger partial charge in [-0.1, -0.05) is 6.92 Å². The average Bonchev–Trinajstić information content (AvgIpc) is 2.46. The molecule has 5 nitrogen and oxygen atoms in total. The quantitative estimate of drug-likeness (QED) is 0.803. The van der Waals surface area contributed by atoms with Crippen molar-refractivity contribution >= 4 is 17.3 Å². The number of primary amides is 1. The van der Waals surface area contributed by atoms with E-state index in [-0.39, 0.29) is 11.8 Å². The van der Waals surface area contributed by atoms with Gasteiger partial charge in [-0.2, -0.15) is 0 Å². The second-order valence-corrected chi connectivity index (χ2v) is 5.23. The molecule has 20 heavy (non-hydrogen) atoms. The Balaban J connectivity index is 2.04. The Morgan fingerprint density at radius 2 is 2.10 bits per heavy atom. The van der Waals surface area contributed by atoms with Gasteiger partial charge >= 0.3 is 0 Å². The molecule has 0 radical (unpaired) electrons. The molecule has 5 heteroatoms. The molecule has 2 rings (SSSR count). The molecular formula is C15H23N3O2. The van der Waals surface area contributed by atoms with Gasteiger partial charge in [0.15, 0.2) is 0 Å². The predicted octanol–water partition coefficient (Wildman–Crippen LogP) is 1.76. The molecule has 1 aromatic rings. The monoisotopic (exact) mass is 277 g/mol. The molecule has 0 atom stereocenters. The van der Waals surface area contributed by atoms with Crippen LogP contribution < -0.4 is 21.1 Å². The summed E-state index contributed by atoms with van der Waals surface area (Å²) in [5, 5.41) is 0. The van der Waals surface area contributed by atoms with Gasteiger partial charge in [-0.3, -0.25) is 4.79 Å². The third-order valence-electron chi connectivity index (χ3n) is 3.72. The number of hydrogen-bond acceptors (Lipinski definition) is 4. The number of piperidine rings is 1. The third kappa shape index (κ3) is 3.35. The highest BCUT2D eigenvalue weighted by atomic mass is 16.5. The minimum atomic E-state index is -0.186. The van der Waals surface area contributed by atoms with E-state index in [1.54, 1.807) is 0 Å². The van der Waals surface area contributed by atoms with Crippen LogP contribution in [-0.2, 0) is 4.79 Å². The maximum atomic E-state index is 11.2. The lowest BCUT2D eigenvalue weighted by molar-refractivity contribution is -0.122. The van der Waals surface area contributed by atoms with Crippen LogP contribution in [0.4, 0.5) is 11.4 Å².